The van der Waals surface area contributed by atoms with Gasteiger partial charge in [-0.1, -0.05) is 13.3 Å². The second-order valence-electron chi connectivity index (χ2n) is 3.87. The summed E-state index contributed by atoms with van der Waals surface area (Å²) in [4.78, 5) is 7.71. The molecule has 1 unspecified atom stereocenters. The fourth-order valence-electron chi connectivity index (χ4n) is 1.60. The summed E-state index contributed by atoms with van der Waals surface area (Å²) in [6, 6.07) is 3.99. The highest BCUT2D eigenvalue weighted by atomic mass is 32.1. The molecule has 0 bridgehead atoms. The van der Waals surface area contributed by atoms with Crippen molar-refractivity contribution < 1.29 is 5.11 Å². The average Bonchev–Trinajstić information content (AvgIpc) is 2.96. The number of aliphatic hydroxyl groups excluding tert-OH is 1. The minimum Gasteiger partial charge on any atom is -0.396 e. The van der Waals surface area contributed by atoms with E-state index >= 15 is 0 Å². The molecule has 0 saturated heterocycles. The maximum Gasteiger partial charge on any atom is 0.0976 e. The van der Waals surface area contributed by atoms with E-state index in [4.69, 9.17) is 5.11 Å². The topological polar surface area (TPSA) is 48.9 Å². The molecule has 0 spiro atoms. The van der Waals surface area contributed by atoms with E-state index in [9.17, 15) is 0 Å². The van der Waals surface area contributed by atoms with E-state index in [0.29, 0.717) is 5.92 Å². The van der Waals surface area contributed by atoms with Crippen LogP contribution < -0.4 is 0 Å². The molecule has 4 heteroatoms. The Morgan fingerprint density at radius 2 is 2.44 bits per heavy atom. The summed E-state index contributed by atoms with van der Waals surface area (Å²) in [7, 11) is 0. The number of aliphatic hydroxyl groups is 1. The van der Waals surface area contributed by atoms with Crippen molar-refractivity contribution >= 4 is 11.3 Å². The Bertz CT molecular complexity index is 418. The number of rotatable bonds is 5. The van der Waals surface area contributed by atoms with E-state index in [0.717, 1.165) is 29.2 Å². The van der Waals surface area contributed by atoms with E-state index in [2.05, 4.69) is 22.3 Å². The highest BCUT2D eigenvalue weighted by molar-refractivity contribution is 7.09. The van der Waals surface area contributed by atoms with Crippen molar-refractivity contribution in [3.8, 4) is 11.4 Å². The molecule has 0 aliphatic carbocycles. The monoisotopic (exact) mass is 236 g/mol. The smallest absolute Gasteiger partial charge is 0.0976 e. The first-order valence-electron chi connectivity index (χ1n) is 5.52. The van der Waals surface area contributed by atoms with Crippen LogP contribution in [0.5, 0.6) is 0 Å². The van der Waals surface area contributed by atoms with Gasteiger partial charge in [0.15, 0.2) is 0 Å². The molecule has 0 saturated carbocycles. The first-order chi connectivity index (χ1) is 7.83. The maximum atomic E-state index is 9.15. The highest BCUT2D eigenvalue weighted by Crippen LogP contribution is 2.22. The molecule has 1 atom stereocenters. The van der Waals surface area contributed by atoms with Crippen LogP contribution in [-0.2, 0) is 6.42 Å². The Morgan fingerprint density at radius 3 is 3.06 bits per heavy atom. The molecule has 3 nitrogen and oxygen atoms in total. The van der Waals surface area contributed by atoms with Crippen LogP contribution in [0.1, 0.15) is 18.4 Å². The molecular formula is C12H16N2OS. The third-order valence-electron chi connectivity index (χ3n) is 2.72. The summed E-state index contributed by atoms with van der Waals surface area (Å²) in [6.45, 7) is 2.34. The fraction of sp³-hybridized carbons (Fsp3) is 0.417. The van der Waals surface area contributed by atoms with Gasteiger partial charge in [0.05, 0.1) is 16.4 Å². The Hall–Kier alpha value is -1.13. The van der Waals surface area contributed by atoms with Crippen molar-refractivity contribution in [2.45, 2.75) is 19.8 Å². The first kappa shape index (κ1) is 11.4. The minimum absolute atomic E-state index is 0.244. The van der Waals surface area contributed by atoms with Gasteiger partial charge in [-0.25, -0.2) is 4.98 Å². The molecule has 2 aromatic rings. The summed E-state index contributed by atoms with van der Waals surface area (Å²) < 4.78 is 0. The van der Waals surface area contributed by atoms with Crippen LogP contribution in [0.3, 0.4) is 0 Å². The SMILES string of the molecule is CCC(CO)Cc1nc(-c2ccc[nH]2)cs1. The normalized spacial score (nSPS) is 12.9. The van der Waals surface area contributed by atoms with Crippen molar-refractivity contribution in [2.24, 2.45) is 5.92 Å². The van der Waals surface area contributed by atoms with Gasteiger partial charge in [-0.3, -0.25) is 0 Å². The van der Waals surface area contributed by atoms with Crippen LogP contribution in [0.15, 0.2) is 23.7 Å². The van der Waals surface area contributed by atoms with E-state index in [-0.39, 0.29) is 6.61 Å². The van der Waals surface area contributed by atoms with Crippen LogP contribution >= 0.6 is 11.3 Å². The van der Waals surface area contributed by atoms with Crippen LogP contribution in [0, 0.1) is 5.92 Å². The van der Waals surface area contributed by atoms with Crippen molar-refractivity contribution in [3.05, 3.63) is 28.7 Å². The molecule has 0 aromatic carbocycles. The number of thiazole rings is 1. The second-order valence-corrected chi connectivity index (χ2v) is 4.81. The van der Waals surface area contributed by atoms with Crippen LogP contribution in [0.25, 0.3) is 11.4 Å². The predicted molar refractivity (Wildman–Crippen MR) is 66.5 cm³/mol. The molecule has 86 valence electrons. The van der Waals surface area contributed by atoms with E-state index in [1.807, 2.05) is 18.3 Å². The van der Waals surface area contributed by atoms with Crippen molar-refractivity contribution in [1.82, 2.24) is 9.97 Å². The van der Waals surface area contributed by atoms with Crippen molar-refractivity contribution in [1.29, 1.82) is 0 Å². The zero-order valence-electron chi connectivity index (χ0n) is 9.31. The molecule has 0 radical (unpaired) electrons. The number of aromatic nitrogens is 2. The van der Waals surface area contributed by atoms with Gasteiger partial charge in [0.25, 0.3) is 0 Å². The summed E-state index contributed by atoms with van der Waals surface area (Å²) >= 11 is 1.66. The van der Waals surface area contributed by atoms with Gasteiger partial charge in [0.2, 0.25) is 0 Å². The molecule has 0 fully saturated rings. The lowest BCUT2D eigenvalue weighted by molar-refractivity contribution is 0.222. The summed E-state index contributed by atoms with van der Waals surface area (Å²) in [5.74, 6) is 0.336. The van der Waals surface area contributed by atoms with Crippen LogP contribution in [0.2, 0.25) is 0 Å². The molecule has 0 aliphatic heterocycles. The highest BCUT2D eigenvalue weighted by Gasteiger charge is 2.10. The molecule has 2 aromatic heterocycles. The molecule has 2 N–H and O–H groups in total. The quantitative estimate of drug-likeness (QED) is 0.838. The summed E-state index contributed by atoms with van der Waals surface area (Å²) in [5.41, 5.74) is 2.05. The Labute approximate surface area is 99.2 Å². The predicted octanol–water partition coefficient (Wildman–Crippen LogP) is 2.70. The maximum absolute atomic E-state index is 9.15. The lowest BCUT2D eigenvalue weighted by Crippen LogP contribution is -2.07. The lowest BCUT2D eigenvalue weighted by atomic mass is 10.0. The van der Waals surface area contributed by atoms with E-state index in [1.165, 1.54) is 0 Å². The van der Waals surface area contributed by atoms with Gasteiger partial charge in [-0.15, -0.1) is 11.3 Å². The third-order valence-corrected chi connectivity index (χ3v) is 3.60. The first-order valence-corrected chi connectivity index (χ1v) is 6.40. The molecular weight excluding hydrogens is 220 g/mol. The second kappa shape index (κ2) is 5.27. The third kappa shape index (κ3) is 2.51. The Balaban J connectivity index is 2.08. The lowest BCUT2D eigenvalue weighted by Gasteiger charge is -2.07. The molecule has 16 heavy (non-hydrogen) atoms. The minimum atomic E-state index is 0.244. The zero-order chi connectivity index (χ0) is 11.4. The summed E-state index contributed by atoms with van der Waals surface area (Å²) in [5, 5.41) is 12.3. The number of nitrogens with zero attached hydrogens (tertiary/aromatic N) is 1. The Kier molecular flexibility index (Phi) is 3.74. The molecule has 0 aliphatic rings. The molecule has 0 amide bonds. The van der Waals surface area contributed by atoms with Gasteiger partial charge in [-0.05, 0) is 18.1 Å². The number of nitrogens with one attached hydrogen (secondary N) is 1. The van der Waals surface area contributed by atoms with Gasteiger partial charge < -0.3 is 10.1 Å². The fourth-order valence-corrected chi connectivity index (χ4v) is 2.51. The molecule has 2 rings (SSSR count). The Morgan fingerprint density at radius 1 is 1.56 bits per heavy atom. The van der Waals surface area contributed by atoms with E-state index < -0.39 is 0 Å². The van der Waals surface area contributed by atoms with Gasteiger partial charge >= 0.3 is 0 Å². The van der Waals surface area contributed by atoms with Crippen LogP contribution in [-0.4, -0.2) is 21.7 Å². The van der Waals surface area contributed by atoms with Crippen molar-refractivity contribution in [3.63, 3.8) is 0 Å². The van der Waals surface area contributed by atoms with Gasteiger partial charge in [0.1, 0.15) is 0 Å². The van der Waals surface area contributed by atoms with Gasteiger partial charge in [0, 0.05) is 24.6 Å². The average molecular weight is 236 g/mol. The van der Waals surface area contributed by atoms with Crippen LogP contribution in [0.4, 0.5) is 0 Å². The van der Waals surface area contributed by atoms with Crippen molar-refractivity contribution in [2.75, 3.05) is 6.61 Å². The van der Waals surface area contributed by atoms with E-state index in [1.54, 1.807) is 11.3 Å². The zero-order valence-corrected chi connectivity index (χ0v) is 10.1. The number of hydrogen-bond donors (Lipinski definition) is 2. The number of aromatic amines is 1. The standard InChI is InChI=1S/C12H16N2OS/c1-2-9(7-15)6-12-14-11(8-16-12)10-4-3-5-13-10/h3-5,8-9,13,15H,2,6-7H2,1H3. The van der Waals surface area contributed by atoms with Gasteiger partial charge in [-0.2, -0.15) is 0 Å². The summed E-state index contributed by atoms with van der Waals surface area (Å²) in [6.07, 6.45) is 3.77. The number of hydrogen-bond acceptors (Lipinski definition) is 3. The molecule has 2 heterocycles. The number of H-pyrrole nitrogens is 1. The largest absolute Gasteiger partial charge is 0.396 e.